The Morgan fingerprint density at radius 3 is 2.20 bits per heavy atom. The van der Waals surface area contributed by atoms with Crippen molar-refractivity contribution < 1.29 is 0 Å². The molecule has 0 aliphatic carbocycles. The number of aryl methyl sites for hydroxylation is 1. The number of rotatable bonds is 1. The van der Waals surface area contributed by atoms with Crippen LogP contribution in [-0.4, -0.2) is 4.57 Å². The van der Waals surface area contributed by atoms with Crippen molar-refractivity contribution in [2.24, 2.45) is 0 Å². The van der Waals surface area contributed by atoms with Crippen molar-refractivity contribution in [2.45, 2.75) is 20.8 Å². The zero-order chi connectivity index (χ0) is 7.72. The van der Waals surface area contributed by atoms with Crippen LogP contribution in [0.2, 0.25) is 0 Å². The van der Waals surface area contributed by atoms with Gasteiger partial charge in [0.25, 0.3) is 0 Å². The van der Waals surface area contributed by atoms with Crippen LogP contribution in [0.15, 0.2) is 12.8 Å². The van der Waals surface area contributed by atoms with Crippen molar-refractivity contribution in [3.63, 3.8) is 0 Å². The highest BCUT2D eigenvalue weighted by atomic mass is 14.9. The minimum atomic E-state index is 1.28. The van der Waals surface area contributed by atoms with Crippen LogP contribution in [0, 0.1) is 20.8 Å². The second-order valence-corrected chi connectivity index (χ2v) is 2.61. The van der Waals surface area contributed by atoms with Crippen LogP contribution in [0.3, 0.4) is 0 Å². The summed E-state index contributed by atoms with van der Waals surface area (Å²) in [4.78, 5) is 0. The van der Waals surface area contributed by atoms with Gasteiger partial charge in [-0.1, -0.05) is 6.58 Å². The van der Waals surface area contributed by atoms with Gasteiger partial charge in [0, 0.05) is 18.1 Å². The summed E-state index contributed by atoms with van der Waals surface area (Å²) in [6.07, 6.45) is 3.92. The first-order valence-corrected chi connectivity index (χ1v) is 3.44. The lowest BCUT2D eigenvalue weighted by atomic mass is 10.2. The summed E-state index contributed by atoms with van der Waals surface area (Å²) in [6.45, 7) is 10.1. The molecule has 0 N–H and O–H groups in total. The Labute approximate surface area is 62.0 Å². The van der Waals surface area contributed by atoms with Crippen LogP contribution in [0.4, 0.5) is 0 Å². The van der Waals surface area contributed by atoms with Gasteiger partial charge in [-0.3, -0.25) is 0 Å². The molecule has 0 unspecified atom stereocenters. The first-order valence-electron chi connectivity index (χ1n) is 3.44. The molecule has 0 bridgehead atoms. The van der Waals surface area contributed by atoms with Gasteiger partial charge in [0.05, 0.1) is 0 Å². The fourth-order valence-corrected chi connectivity index (χ4v) is 1.07. The summed E-state index contributed by atoms with van der Waals surface area (Å²) >= 11 is 0. The van der Waals surface area contributed by atoms with E-state index in [-0.39, 0.29) is 0 Å². The third kappa shape index (κ3) is 0.878. The predicted octanol–water partition coefficient (Wildman–Crippen LogP) is 2.51. The molecular weight excluding hydrogens is 122 g/mol. The summed E-state index contributed by atoms with van der Waals surface area (Å²) in [5.41, 5.74) is 3.98. The number of nitrogens with zero attached hydrogens (tertiary/aromatic N) is 1. The van der Waals surface area contributed by atoms with E-state index in [1.54, 1.807) is 0 Å². The standard InChI is InChI=1S/C9H13N/c1-5-10-6-7(2)8(3)9(10)4/h5-6H,1H2,2-4H3. The zero-order valence-corrected chi connectivity index (χ0v) is 6.81. The molecule has 1 rings (SSSR count). The molecule has 0 saturated carbocycles. The predicted molar refractivity (Wildman–Crippen MR) is 45.0 cm³/mol. The third-order valence-electron chi connectivity index (χ3n) is 2.05. The largest absolute Gasteiger partial charge is 0.328 e. The molecular formula is C9H13N. The van der Waals surface area contributed by atoms with E-state index in [2.05, 4.69) is 33.5 Å². The van der Waals surface area contributed by atoms with E-state index < -0.39 is 0 Å². The zero-order valence-electron chi connectivity index (χ0n) is 6.81. The van der Waals surface area contributed by atoms with Gasteiger partial charge in [-0.2, -0.15) is 0 Å². The summed E-state index contributed by atoms with van der Waals surface area (Å²) < 4.78 is 2.05. The lowest BCUT2D eigenvalue weighted by molar-refractivity contribution is 1.07. The first kappa shape index (κ1) is 7.13. The Kier molecular flexibility index (Phi) is 1.66. The molecule has 0 amide bonds. The van der Waals surface area contributed by atoms with Crippen LogP contribution in [-0.2, 0) is 0 Å². The second kappa shape index (κ2) is 2.33. The average Bonchev–Trinajstić information content (AvgIpc) is 2.17. The van der Waals surface area contributed by atoms with Gasteiger partial charge in [0.1, 0.15) is 0 Å². The van der Waals surface area contributed by atoms with Crippen molar-refractivity contribution in [2.75, 3.05) is 0 Å². The van der Waals surface area contributed by atoms with E-state index in [0.717, 1.165) is 0 Å². The molecule has 0 fully saturated rings. The summed E-state index contributed by atoms with van der Waals surface area (Å²) in [7, 11) is 0. The van der Waals surface area contributed by atoms with Gasteiger partial charge in [-0.05, 0) is 31.9 Å². The van der Waals surface area contributed by atoms with E-state index in [4.69, 9.17) is 0 Å². The van der Waals surface area contributed by atoms with E-state index >= 15 is 0 Å². The molecule has 0 aromatic carbocycles. The van der Waals surface area contributed by atoms with Crippen LogP contribution in [0.1, 0.15) is 16.8 Å². The monoisotopic (exact) mass is 135 g/mol. The molecule has 0 atom stereocenters. The Balaban J connectivity index is 3.30. The maximum absolute atomic E-state index is 3.71. The van der Waals surface area contributed by atoms with E-state index in [1.165, 1.54) is 16.8 Å². The number of hydrogen-bond acceptors (Lipinski definition) is 0. The van der Waals surface area contributed by atoms with Crippen LogP contribution >= 0.6 is 0 Å². The lowest BCUT2D eigenvalue weighted by Crippen LogP contribution is -1.85. The molecule has 0 radical (unpaired) electrons. The fraction of sp³-hybridized carbons (Fsp3) is 0.333. The first-order chi connectivity index (χ1) is 4.66. The molecule has 1 heterocycles. The maximum atomic E-state index is 3.71. The minimum absolute atomic E-state index is 1.28. The third-order valence-corrected chi connectivity index (χ3v) is 2.05. The van der Waals surface area contributed by atoms with Crippen LogP contribution < -0.4 is 0 Å². The molecule has 0 aliphatic rings. The van der Waals surface area contributed by atoms with Crippen molar-refractivity contribution in [3.8, 4) is 0 Å². The molecule has 1 nitrogen and oxygen atoms in total. The fourth-order valence-electron chi connectivity index (χ4n) is 1.07. The SMILES string of the molecule is C=Cn1cc(C)c(C)c1C. The molecule has 10 heavy (non-hydrogen) atoms. The maximum Gasteiger partial charge on any atom is 0.0221 e. The highest BCUT2D eigenvalue weighted by Gasteiger charge is 2.00. The lowest BCUT2D eigenvalue weighted by Gasteiger charge is -1.95. The highest BCUT2D eigenvalue weighted by molar-refractivity contribution is 5.35. The van der Waals surface area contributed by atoms with Crippen molar-refractivity contribution in [1.29, 1.82) is 0 Å². The van der Waals surface area contributed by atoms with Crippen molar-refractivity contribution >= 4 is 6.20 Å². The number of aromatic nitrogens is 1. The molecule has 1 heteroatoms. The Bertz CT molecular complexity index is 256. The van der Waals surface area contributed by atoms with Gasteiger partial charge in [0.2, 0.25) is 0 Å². The van der Waals surface area contributed by atoms with Crippen molar-refractivity contribution in [3.05, 3.63) is 29.6 Å². The Hall–Kier alpha value is -0.980. The van der Waals surface area contributed by atoms with Gasteiger partial charge in [-0.15, -0.1) is 0 Å². The average molecular weight is 135 g/mol. The van der Waals surface area contributed by atoms with E-state index in [9.17, 15) is 0 Å². The molecule has 0 spiro atoms. The van der Waals surface area contributed by atoms with Gasteiger partial charge in [0.15, 0.2) is 0 Å². The van der Waals surface area contributed by atoms with Gasteiger partial charge in [-0.25, -0.2) is 0 Å². The van der Waals surface area contributed by atoms with E-state index in [1.807, 2.05) is 10.8 Å². The molecule has 54 valence electrons. The summed E-state index contributed by atoms with van der Waals surface area (Å²) in [5.74, 6) is 0. The van der Waals surface area contributed by atoms with Gasteiger partial charge < -0.3 is 4.57 Å². The van der Waals surface area contributed by atoms with Crippen LogP contribution in [0.5, 0.6) is 0 Å². The van der Waals surface area contributed by atoms with Gasteiger partial charge >= 0.3 is 0 Å². The molecule has 0 saturated heterocycles. The minimum Gasteiger partial charge on any atom is -0.328 e. The number of hydrogen-bond donors (Lipinski definition) is 0. The van der Waals surface area contributed by atoms with E-state index in [0.29, 0.717) is 0 Å². The normalized spacial score (nSPS) is 9.90. The quantitative estimate of drug-likeness (QED) is 0.557. The second-order valence-electron chi connectivity index (χ2n) is 2.61. The Morgan fingerprint density at radius 2 is 2.00 bits per heavy atom. The molecule has 1 aromatic heterocycles. The Morgan fingerprint density at radius 1 is 1.40 bits per heavy atom. The molecule has 0 aliphatic heterocycles. The topological polar surface area (TPSA) is 4.93 Å². The summed E-state index contributed by atoms with van der Waals surface area (Å²) in [6, 6.07) is 0. The molecule has 1 aromatic rings. The van der Waals surface area contributed by atoms with Crippen molar-refractivity contribution in [1.82, 2.24) is 4.57 Å². The summed E-state index contributed by atoms with van der Waals surface area (Å²) in [5, 5.41) is 0. The smallest absolute Gasteiger partial charge is 0.0221 e. The van der Waals surface area contributed by atoms with Crippen LogP contribution in [0.25, 0.3) is 6.20 Å². The highest BCUT2D eigenvalue weighted by Crippen LogP contribution is 2.13.